The number of rotatable bonds is 5. The van der Waals surface area contributed by atoms with E-state index < -0.39 is 0 Å². The van der Waals surface area contributed by atoms with Gasteiger partial charge in [0.1, 0.15) is 11.6 Å². The zero-order valence-corrected chi connectivity index (χ0v) is 11.3. The molecule has 0 aromatic heterocycles. The van der Waals surface area contributed by atoms with Crippen molar-refractivity contribution in [2.45, 2.75) is 13.2 Å². The van der Waals surface area contributed by atoms with Crippen molar-refractivity contribution in [1.29, 1.82) is 0 Å². The summed E-state index contributed by atoms with van der Waals surface area (Å²) in [4.78, 5) is 4.16. The van der Waals surface area contributed by atoms with Gasteiger partial charge in [-0.15, -0.1) is 0 Å². The van der Waals surface area contributed by atoms with E-state index in [1.165, 1.54) is 12.1 Å². The number of methoxy groups -OCH3 is 1. The Morgan fingerprint density at radius 2 is 2.40 bits per heavy atom. The third-order valence-electron chi connectivity index (χ3n) is 2.78. The summed E-state index contributed by atoms with van der Waals surface area (Å²) >= 11 is 0. The first-order valence-electron chi connectivity index (χ1n) is 6.25. The topological polar surface area (TPSA) is 78.1 Å². The molecule has 1 aromatic rings. The van der Waals surface area contributed by atoms with Gasteiger partial charge in [-0.05, 0) is 12.1 Å². The fourth-order valence-corrected chi connectivity index (χ4v) is 1.88. The molecule has 0 aliphatic carbocycles. The summed E-state index contributed by atoms with van der Waals surface area (Å²) in [5.74, 6) is 0.576. The molecule has 1 aliphatic heterocycles. The summed E-state index contributed by atoms with van der Waals surface area (Å²) in [7, 11) is 1.60. The van der Waals surface area contributed by atoms with Crippen LogP contribution in [0.4, 0.5) is 4.39 Å². The molecule has 6 nitrogen and oxygen atoms in total. The lowest BCUT2D eigenvalue weighted by Crippen LogP contribution is -2.34. The van der Waals surface area contributed by atoms with Crippen molar-refractivity contribution >= 4 is 5.96 Å². The summed E-state index contributed by atoms with van der Waals surface area (Å²) in [6, 6.07) is 2.80. The Morgan fingerprint density at radius 1 is 1.55 bits per heavy atom. The van der Waals surface area contributed by atoms with Crippen LogP contribution in [0.15, 0.2) is 17.1 Å². The summed E-state index contributed by atoms with van der Waals surface area (Å²) in [5, 5.41) is 2.89. The fraction of sp³-hybridized carbons (Fsp3) is 0.462. The Hall–Kier alpha value is -1.86. The molecule has 0 saturated carbocycles. The normalized spacial score (nSPS) is 14.6. The minimum atomic E-state index is -0.339. The molecule has 0 bridgehead atoms. The first kappa shape index (κ1) is 14.5. The second-order valence-corrected chi connectivity index (χ2v) is 4.28. The average molecular weight is 283 g/mol. The molecule has 20 heavy (non-hydrogen) atoms. The lowest BCUT2D eigenvalue weighted by Gasteiger charge is -2.20. The van der Waals surface area contributed by atoms with Crippen LogP contribution in [0.1, 0.15) is 11.1 Å². The molecule has 1 aromatic carbocycles. The lowest BCUT2D eigenvalue weighted by molar-refractivity contribution is -0.0172. The molecule has 0 radical (unpaired) electrons. The third kappa shape index (κ3) is 3.82. The molecule has 0 fully saturated rings. The maximum Gasteiger partial charge on any atom is 0.189 e. The molecule has 0 saturated heterocycles. The van der Waals surface area contributed by atoms with Crippen LogP contribution in [0.2, 0.25) is 0 Å². The molecule has 0 unspecified atom stereocenters. The number of ether oxygens (including phenoxy) is 3. The molecule has 1 aliphatic rings. The predicted molar refractivity (Wildman–Crippen MR) is 71.9 cm³/mol. The maximum absolute atomic E-state index is 13.5. The zero-order valence-electron chi connectivity index (χ0n) is 11.3. The molecule has 2 rings (SSSR count). The van der Waals surface area contributed by atoms with Crippen molar-refractivity contribution in [3.05, 3.63) is 29.1 Å². The van der Waals surface area contributed by atoms with Gasteiger partial charge in [-0.25, -0.2) is 9.38 Å². The monoisotopic (exact) mass is 283 g/mol. The van der Waals surface area contributed by atoms with Gasteiger partial charge in [0.15, 0.2) is 12.8 Å². The van der Waals surface area contributed by atoms with Gasteiger partial charge in [0.05, 0.1) is 19.8 Å². The first-order valence-corrected chi connectivity index (χ1v) is 6.25. The average Bonchev–Trinajstić information content (AvgIpc) is 2.45. The van der Waals surface area contributed by atoms with E-state index >= 15 is 0 Å². The molecule has 3 N–H and O–H groups in total. The molecule has 110 valence electrons. The van der Waals surface area contributed by atoms with Crippen LogP contribution in [0, 0.1) is 5.82 Å². The van der Waals surface area contributed by atoms with Gasteiger partial charge >= 0.3 is 0 Å². The minimum absolute atomic E-state index is 0.164. The van der Waals surface area contributed by atoms with Gasteiger partial charge in [-0.1, -0.05) is 0 Å². The molecular formula is C13H18FN3O3. The van der Waals surface area contributed by atoms with E-state index in [9.17, 15) is 4.39 Å². The summed E-state index contributed by atoms with van der Waals surface area (Å²) in [6.45, 7) is 1.84. The van der Waals surface area contributed by atoms with Crippen molar-refractivity contribution in [1.82, 2.24) is 5.32 Å². The number of aliphatic imine (C=N–C) groups is 1. The number of hydrogen-bond acceptors (Lipinski definition) is 4. The van der Waals surface area contributed by atoms with Crippen LogP contribution in [0.3, 0.4) is 0 Å². The van der Waals surface area contributed by atoms with Gasteiger partial charge in [-0.2, -0.15) is 0 Å². The van der Waals surface area contributed by atoms with Gasteiger partial charge in [0, 0.05) is 24.8 Å². The van der Waals surface area contributed by atoms with E-state index in [0.29, 0.717) is 36.6 Å². The molecule has 7 heteroatoms. The van der Waals surface area contributed by atoms with Crippen LogP contribution in [0.25, 0.3) is 0 Å². The summed E-state index contributed by atoms with van der Waals surface area (Å²) < 4.78 is 28.9. The number of halogens is 1. The van der Waals surface area contributed by atoms with E-state index in [0.717, 1.165) is 0 Å². The number of guanidine groups is 1. The second-order valence-electron chi connectivity index (χ2n) is 4.28. The molecule has 1 heterocycles. The fourth-order valence-electron chi connectivity index (χ4n) is 1.88. The highest BCUT2D eigenvalue weighted by molar-refractivity contribution is 5.77. The van der Waals surface area contributed by atoms with Crippen molar-refractivity contribution < 1.29 is 18.6 Å². The Bertz CT molecular complexity index is 494. The Kier molecular flexibility index (Phi) is 5.14. The quantitative estimate of drug-likeness (QED) is 0.473. The second kappa shape index (κ2) is 7.06. The Balaban J connectivity index is 2.05. The number of nitrogens with one attached hydrogen (secondary N) is 1. The van der Waals surface area contributed by atoms with Gasteiger partial charge in [0.25, 0.3) is 0 Å². The summed E-state index contributed by atoms with van der Waals surface area (Å²) in [6.07, 6.45) is 0. The standard InChI is InChI=1S/C13H18FN3O3/c1-18-3-2-16-13(15)17-6-9-4-11(14)5-10-7-19-8-20-12(9)10/h4-5H,2-3,6-8H2,1H3,(H3,15,16,17). The SMILES string of the molecule is COCCNC(N)=NCc1cc(F)cc2c1OCOC2. The van der Waals surface area contributed by atoms with Gasteiger partial charge in [-0.3, -0.25) is 0 Å². The highest BCUT2D eigenvalue weighted by Crippen LogP contribution is 2.29. The lowest BCUT2D eigenvalue weighted by atomic mass is 10.1. The van der Waals surface area contributed by atoms with E-state index in [-0.39, 0.29) is 25.1 Å². The van der Waals surface area contributed by atoms with E-state index in [1.54, 1.807) is 7.11 Å². The van der Waals surface area contributed by atoms with Crippen LogP contribution < -0.4 is 15.8 Å². The van der Waals surface area contributed by atoms with Gasteiger partial charge < -0.3 is 25.3 Å². The summed E-state index contributed by atoms with van der Waals surface area (Å²) in [5.41, 5.74) is 7.04. The van der Waals surface area contributed by atoms with Crippen LogP contribution in [-0.2, 0) is 22.6 Å². The van der Waals surface area contributed by atoms with Crippen molar-refractivity contribution in [3.8, 4) is 5.75 Å². The molecule has 0 atom stereocenters. The zero-order chi connectivity index (χ0) is 14.4. The minimum Gasteiger partial charge on any atom is -0.467 e. The van der Waals surface area contributed by atoms with Crippen LogP contribution >= 0.6 is 0 Å². The number of nitrogens with zero attached hydrogens (tertiary/aromatic N) is 1. The van der Waals surface area contributed by atoms with Crippen LogP contribution in [0.5, 0.6) is 5.75 Å². The van der Waals surface area contributed by atoms with Gasteiger partial charge in [0.2, 0.25) is 0 Å². The molecule has 0 spiro atoms. The highest BCUT2D eigenvalue weighted by Gasteiger charge is 2.16. The maximum atomic E-state index is 13.5. The van der Waals surface area contributed by atoms with Crippen molar-refractivity contribution in [2.75, 3.05) is 27.1 Å². The number of fused-ring (bicyclic) bond motifs is 1. The predicted octanol–water partition coefficient (Wildman–Crippen LogP) is 0.743. The van der Waals surface area contributed by atoms with Crippen LogP contribution in [-0.4, -0.2) is 33.0 Å². The highest BCUT2D eigenvalue weighted by atomic mass is 19.1. The van der Waals surface area contributed by atoms with Crippen molar-refractivity contribution in [3.63, 3.8) is 0 Å². The van der Waals surface area contributed by atoms with Crippen molar-refractivity contribution in [2.24, 2.45) is 10.7 Å². The molecule has 0 amide bonds. The smallest absolute Gasteiger partial charge is 0.189 e. The molecular weight excluding hydrogens is 265 g/mol. The third-order valence-corrected chi connectivity index (χ3v) is 2.78. The van der Waals surface area contributed by atoms with E-state index in [1.807, 2.05) is 0 Å². The number of hydrogen-bond donors (Lipinski definition) is 2. The van der Waals surface area contributed by atoms with E-state index in [4.69, 9.17) is 19.9 Å². The largest absolute Gasteiger partial charge is 0.467 e. The Labute approximate surface area is 116 Å². The Morgan fingerprint density at radius 3 is 3.20 bits per heavy atom. The number of benzene rings is 1. The van der Waals surface area contributed by atoms with E-state index in [2.05, 4.69) is 10.3 Å². The first-order chi connectivity index (χ1) is 9.70. The number of nitrogens with two attached hydrogens (primary N) is 1.